The molecular weight excluding hydrogens is 264 g/mol. The highest BCUT2D eigenvalue weighted by molar-refractivity contribution is 7.91. The Morgan fingerprint density at radius 2 is 1.89 bits per heavy atom. The van der Waals surface area contributed by atoms with Crippen molar-refractivity contribution >= 4 is 15.5 Å². The minimum atomic E-state index is -4.62. The maximum Gasteiger partial charge on any atom is 0.341 e. The number of hydrogen-bond donors (Lipinski definition) is 1. The van der Waals surface area contributed by atoms with Gasteiger partial charge in [-0.05, 0) is 19.1 Å². The molecule has 0 spiro atoms. The Labute approximate surface area is 104 Å². The maximum atomic E-state index is 12.6. The molecule has 1 aromatic carbocycles. The minimum Gasteiger partial charge on any atom is -0.386 e. The van der Waals surface area contributed by atoms with Crippen molar-refractivity contribution in [2.45, 2.75) is 23.2 Å². The second kappa shape index (κ2) is 4.17. The van der Waals surface area contributed by atoms with E-state index < -0.39 is 26.1 Å². The number of anilines is 1. The van der Waals surface area contributed by atoms with Crippen molar-refractivity contribution < 1.29 is 22.3 Å². The number of alkyl halides is 2. The van der Waals surface area contributed by atoms with Crippen LogP contribution in [0.5, 0.6) is 0 Å². The second-order valence-corrected chi connectivity index (χ2v) is 6.51. The first-order chi connectivity index (χ1) is 8.24. The molecule has 0 atom stereocenters. The lowest BCUT2D eigenvalue weighted by molar-refractivity contribution is 0.0307. The minimum absolute atomic E-state index is 0.212. The van der Waals surface area contributed by atoms with Gasteiger partial charge in [-0.1, -0.05) is 12.1 Å². The average Bonchev–Trinajstić information content (AvgIpc) is 2.25. The molecular formula is C11H13F2NO3S. The molecule has 100 valence electrons. The van der Waals surface area contributed by atoms with E-state index in [1.165, 1.54) is 12.1 Å². The SMILES string of the molecule is CC1(O)CN(c2ccccc2S(=O)(=O)C(F)F)C1. The van der Waals surface area contributed by atoms with E-state index >= 15 is 0 Å². The third kappa shape index (κ3) is 2.20. The summed E-state index contributed by atoms with van der Waals surface area (Å²) in [5, 5.41) is 9.61. The van der Waals surface area contributed by atoms with Crippen LogP contribution >= 0.6 is 0 Å². The molecule has 0 aliphatic carbocycles. The quantitative estimate of drug-likeness (QED) is 0.903. The van der Waals surface area contributed by atoms with E-state index in [4.69, 9.17) is 0 Å². The van der Waals surface area contributed by atoms with Crippen molar-refractivity contribution in [3.8, 4) is 0 Å². The number of nitrogens with zero attached hydrogens (tertiary/aromatic N) is 1. The van der Waals surface area contributed by atoms with Crippen LogP contribution in [0.3, 0.4) is 0 Å². The molecule has 7 heteroatoms. The van der Waals surface area contributed by atoms with E-state index in [0.717, 1.165) is 6.07 Å². The van der Waals surface area contributed by atoms with Gasteiger partial charge in [0.05, 0.1) is 16.2 Å². The van der Waals surface area contributed by atoms with E-state index in [-0.39, 0.29) is 18.8 Å². The van der Waals surface area contributed by atoms with Crippen LogP contribution < -0.4 is 4.90 Å². The number of para-hydroxylation sites is 1. The van der Waals surface area contributed by atoms with Crippen molar-refractivity contribution in [3.05, 3.63) is 24.3 Å². The Morgan fingerprint density at radius 3 is 2.39 bits per heavy atom. The van der Waals surface area contributed by atoms with Crippen molar-refractivity contribution in [3.63, 3.8) is 0 Å². The molecule has 0 aromatic heterocycles. The molecule has 2 rings (SSSR count). The zero-order chi connectivity index (χ0) is 13.6. The Hall–Kier alpha value is -1.21. The average molecular weight is 277 g/mol. The molecule has 1 fully saturated rings. The lowest BCUT2D eigenvalue weighted by Gasteiger charge is -2.46. The maximum absolute atomic E-state index is 12.6. The number of rotatable bonds is 3. The lowest BCUT2D eigenvalue weighted by atomic mass is 9.96. The van der Waals surface area contributed by atoms with Gasteiger partial charge >= 0.3 is 5.76 Å². The third-order valence-corrected chi connectivity index (χ3v) is 4.24. The van der Waals surface area contributed by atoms with Gasteiger partial charge in [0.25, 0.3) is 0 Å². The number of β-amino-alcohol motifs (C(OH)–C–C–N with tert-alkyl or cyclic N) is 1. The fourth-order valence-corrected chi connectivity index (χ4v) is 2.95. The van der Waals surface area contributed by atoms with E-state index in [2.05, 4.69) is 0 Å². The Balaban J connectivity index is 2.40. The highest BCUT2D eigenvalue weighted by Crippen LogP contribution is 2.34. The fourth-order valence-electron chi connectivity index (χ4n) is 2.00. The Kier molecular flexibility index (Phi) is 3.06. The van der Waals surface area contributed by atoms with Crippen molar-refractivity contribution in [2.24, 2.45) is 0 Å². The van der Waals surface area contributed by atoms with E-state index in [1.54, 1.807) is 17.9 Å². The summed E-state index contributed by atoms with van der Waals surface area (Å²) in [6.07, 6.45) is 0. The summed E-state index contributed by atoms with van der Waals surface area (Å²) >= 11 is 0. The lowest BCUT2D eigenvalue weighted by Crippen LogP contribution is -2.60. The molecule has 1 aliphatic rings. The van der Waals surface area contributed by atoms with Gasteiger partial charge in [-0.2, -0.15) is 8.78 Å². The number of aliphatic hydroxyl groups is 1. The van der Waals surface area contributed by atoms with Gasteiger partial charge in [0.2, 0.25) is 9.84 Å². The van der Waals surface area contributed by atoms with Crippen LogP contribution in [0.25, 0.3) is 0 Å². The number of sulfone groups is 1. The highest BCUT2D eigenvalue weighted by atomic mass is 32.2. The molecule has 1 N–H and O–H groups in total. The number of halogens is 2. The summed E-state index contributed by atoms with van der Waals surface area (Å²) in [4.78, 5) is 1.17. The topological polar surface area (TPSA) is 57.6 Å². The third-order valence-electron chi connectivity index (χ3n) is 2.81. The van der Waals surface area contributed by atoms with Crippen LogP contribution in [-0.2, 0) is 9.84 Å². The van der Waals surface area contributed by atoms with Gasteiger partial charge in [0.15, 0.2) is 0 Å². The van der Waals surface area contributed by atoms with Crippen LogP contribution in [-0.4, -0.2) is 38.0 Å². The van der Waals surface area contributed by atoms with Gasteiger partial charge in [-0.25, -0.2) is 8.42 Å². The molecule has 0 unspecified atom stereocenters. The standard InChI is InChI=1S/C11H13F2NO3S/c1-11(15)6-14(7-11)8-4-2-3-5-9(8)18(16,17)10(12)13/h2-5,10,15H,6-7H2,1H3. The molecule has 4 nitrogen and oxygen atoms in total. The van der Waals surface area contributed by atoms with Crippen molar-refractivity contribution in [2.75, 3.05) is 18.0 Å². The Bertz CT molecular complexity index is 549. The van der Waals surface area contributed by atoms with E-state index in [0.29, 0.717) is 0 Å². The molecule has 1 aromatic rings. The summed E-state index contributed by atoms with van der Waals surface area (Å²) in [7, 11) is -4.62. The van der Waals surface area contributed by atoms with E-state index in [1.807, 2.05) is 0 Å². The molecule has 1 saturated heterocycles. The van der Waals surface area contributed by atoms with Crippen LogP contribution in [0.15, 0.2) is 29.2 Å². The monoisotopic (exact) mass is 277 g/mol. The van der Waals surface area contributed by atoms with Crippen molar-refractivity contribution in [1.29, 1.82) is 0 Å². The highest BCUT2D eigenvalue weighted by Gasteiger charge is 2.39. The predicted molar refractivity (Wildman–Crippen MR) is 62.5 cm³/mol. The zero-order valence-corrected chi connectivity index (χ0v) is 10.5. The van der Waals surface area contributed by atoms with E-state index in [9.17, 15) is 22.3 Å². The fraction of sp³-hybridized carbons (Fsp3) is 0.455. The van der Waals surface area contributed by atoms with Crippen LogP contribution in [0.2, 0.25) is 0 Å². The smallest absolute Gasteiger partial charge is 0.341 e. The molecule has 0 saturated carbocycles. The molecule has 1 heterocycles. The zero-order valence-electron chi connectivity index (χ0n) is 9.68. The molecule has 18 heavy (non-hydrogen) atoms. The normalized spacial score (nSPS) is 18.8. The molecule has 0 bridgehead atoms. The van der Waals surface area contributed by atoms with Gasteiger partial charge in [0, 0.05) is 13.1 Å². The summed E-state index contributed by atoms with van der Waals surface area (Å²) in [5.74, 6) is -3.44. The van der Waals surface area contributed by atoms with Crippen LogP contribution in [0, 0.1) is 0 Å². The first kappa shape index (κ1) is 13.2. The summed E-state index contributed by atoms with van der Waals surface area (Å²) < 4.78 is 48.2. The summed E-state index contributed by atoms with van der Waals surface area (Å²) in [5.41, 5.74) is -0.689. The van der Waals surface area contributed by atoms with Gasteiger partial charge < -0.3 is 10.0 Å². The predicted octanol–water partition coefficient (Wildman–Crippen LogP) is 1.25. The number of benzene rings is 1. The summed E-state index contributed by atoms with van der Waals surface area (Å²) in [6.45, 7) is 2.05. The van der Waals surface area contributed by atoms with Crippen LogP contribution in [0.4, 0.5) is 14.5 Å². The second-order valence-electron chi connectivity index (χ2n) is 4.63. The number of hydrogen-bond acceptors (Lipinski definition) is 4. The first-order valence-electron chi connectivity index (χ1n) is 5.32. The van der Waals surface area contributed by atoms with Gasteiger partial charge in [-0.15, -0.1) is 0 Å². The largest absolute Gasteiger partial charge is 0.386 e. The summed E-state index contributed by atoms with van der Waals surface area (Å²) in [6, 6.07) is 5.60. The van der Waals surface area contributed by atoms with Crippen molar-refractivity contribution in [1.82, 2.24) is 0 Å². The Morgan fingerprint density at radius 1 is 1.33 bits per heavy atom. The molecule has 0 amide bonds. The molecule has 1 aliphatic heterocycles. The molecule has 0 radical (unpaired) electrons. The van der Waals surface area contributed by atoms with Crippen LogP contribution in [0.1, 0.15) is 6.92 Å². The van der Waals surface area contributed by atoms with Gasteiger partial charge in [-0.3, -0.25) is 0 Å². The first-order valence-corrected chi connectivity index (χ1v) is 6.87. The van der Waals surface area contributed by atoms with Gasteiger partial charge in [0.1, 0.15) is 0 Å².